The number of hydrogen-bond acceptors (Lipinski definition) is 8. The van der Waals surface area contributed by atoms with Crippen LogP contribution >= 0.6 is 0 Å². The van der Waals surface area contributed by atoms with Gasteiger partial charge in [0.1, 0.15) is 49.1 Å². The maximum Gasteiger partial charge on any atom is 0.338 e. The number of benzene rings is 4. The van der Waals surface area contributed by atoms with Gasteiger partial charge in [0.15, 0.2) is 0 Å². The van der Waals surface area contributed by atoms with Gasteiger partial charge in [0.2, 0.25) is 0 Å². The second-order valence-corrected chi connectivity index (χ2v) is 11.2. The molecule has 7 rings (SSSR count). The molecule has 1 saturated carbocycles. The highest BCUT2D eigenvalue weighted by Gasteiger charge is 2.28. The van der Waals surface area contributed by atoms with Crippen LogP contribution in [0.2, 0.25) is 0 Å². The van der Waals surface area contributed by atoms with Crippen molar-refractivity contribution in [3.63, 3.8) is 0 Å². The van der Waals surface area contributed by atoms with Crippen LogP contribution in [0, 0.1) is 0 Å². The monoisotopic (exact) mass is 598 g/mol. The molecule has 4 aromatic rings. The quantitative estimate of drug-likeness (QED) is 0.144. The van der Waals surface area contributed by atoms with E-state index in [1.54, 1.807) is 12.1 Å². The number of carbonyl (C=O) groups excluding carboxylic acids is 2. The van der Waals surface area contributed by atoms with Crippen molar-refractivity contribution < 1.29 is 38.0 Å². The summed E-state index contributed by atoms with van der Waals surface area (Å²) in [5.74, 6) is 0.889. The summed E-state index contributed by atoms with van der Waals surface area (Å²) < 4.78 is 33.5. The second kappa shape index (κ2) is 13.7. The lowest BCUT2D eigenvalue weighted by Crippen LogP contribution is -2.29. The molecule has 2 aliphatic heterocycles. The van der Waals surface area contributed by atoms with Crippen LogP contribution in [0.3, 0.4) is 0 Å². The van der Waals surface area contributed by atoms with Crippen molar-refractivity contribution in [2.24, 2.45) is 0 Å². The van der Waals surface area contributed by atoms with Gasteiger partial charge in [0.25, 0.3) is 0 Å². The molecule has 3 fully saturated rings. The summed E-state index contributed by atoms with van der Waals surface area (Å²) in [5, 5.41) is 3.88. The zero-order valence-corrected chi connectivity index (χ0v) is 25.2. The molecule has 3 aliphatic rings. The van der Waals surface area contributed by atoms with Crippen LogP contribution in [0.25, 0.3) is 21.5 Å². The highest BCUT2D eigenvalue weighted by Crippen LogP contribution is 2.28. The molecule has 2 atom stereocenters. The predicted octanol–water partition coefficient (Wildman–Crippen LogP) is 6.90. The standard InChI is InChI=1S/C34H32O8.C2H6/c35-33(25-3-1-23-15-29(7-5-21(23)13-25)37-17-31-19-39-31)41-27-9-11-28(12-10-27)42-34(36)26-4-2-24-16-30(8-6-22(24)14-26)38-18-32-20-40-32;1-2/h1-8,13-16,27-28,31-32H,9-12,17-20H2;1-2H3. The summed E-state index contributed by atoms with van der Waals surface area (Å²) in [4.78, 5) is 25.8. The Kier molecular flexibility index (Phi) is 9.28. The number of rotatable bonds is 10. The molecule has 2 heterocycles. The topological polar surface area (TPSA) is 96.1 Å². The summed E-state index contributed by atoms with van der Waals surface area (Å²) >= 11 is 0. The van der Waals surface area contributed by atoms with E-state index in [2.05, 4.69) is 0 Å². The normalized spacial score (nSPS) is 22.0. The number of epoxide rings is 2. The zero-order chi connectivity index (χ0) is 30.5. The first-order chi connectivity index (χ1) is 21.6. The molecule has 1 aliphatic carbocycles. The minimum atomic E-state index is -0.339. The van der Waals surface area contributed by atoms with Gasteiger partial charge in [0.05, 0.1) is 24.3 Å². The lowest BCUT2D eigenvalue weighted by Gasteiger charge is -2.28. The van der Waals surface area contributed by atoms with Crippen molar-refractivity contribution in [3.05, 3.63) is 83.9 Å². The number of ether oxygens (including phenoxy) is 6. The van der Waals surface area contributed by atoms with Crippen molar-refractivity contribution in [1.82, 2.24) is 0 Å². The van der Waals surface area contributed by atoms with Gasteiger partial charge < -0.3 is 28.4 Å². The van der Waals surface area contributed by atoms with Gasteiger partial charge in [-0.2, -0.15) is 0 Å². The summed E-state index contributed by atoms with van der Waals surface area (Å²) in [6.45, 7) is 6.61. The zero-order valence-electron chi connectivity index (χ0n) is 25.2. The third-order valence-corrected chi connectivity index (χ3v) is 7.94. The molecule has 0 spiro atoms. The average Bonchev–Trinajstić information content (AvgIpc) is 4.00. The number of hydrogen-bond donors (Lipinski definition) is 0. The third kappa shape index (κ3) is 7.68. The molecule has 44 heavy (non-hydrogen) atoms. The molecule has 2 saturated heterocycles. The van der Waals surface area contributed by atoms with E-state index in [-0.39, 0.29) is 36.4 Å². The summed E-state index contributed by atoms with van der Waals surface area (Å²) in [6, 6.07) is 22.7. The Balaban J connectivity index is 0.00000168. The van der Waals surface area contributed by atoms with E-state index < -0.39 is 0 Å². The molecule has 230 valence electrons. The molecule has 0 radical (unpaired) electrons. The molecular weight excluding hydrogens is 560 g/mol. The molecule has 2 unspecified atom stereocenters. The van der Waals surface area contributed by atoms with E-state index in [1.165, 1.54) is 0 Å². The van der Waals surface area contributed by atoms with Crippen molar-refractivity contribution in [2.75, 3.05) is 26.4 Å². The number of carbonyl (C=O) groups is 2. The van der Waals surface area contributed by atoms with Gasteiger partial charge in [-0.05, 0) is 95.8 Å². The Morgan fingerprint density at radius 3 is 1.34 bits per heavy atom. The van der Waals surface area contributed by atoms with E-state index in [1.807, 2.05) is 74.5 Å². The smallest absolute Gasteiger partial charge is 0.338 e. The van der Waals surface area contributed by atoms with Crippen LogP contribution < -0.4 is 9.47 Å². The Morgan fingerprint density at radius 2 is 0.955 bits per heavy atom. The van der Waals surface area contributed by atoms with Crippen molar-refractivity contribution >= 4 is 33.5 Å². The van der Waals surface area contributed by atoms with Gasteiger partial charge in [-0.3, -0.25) is 0 Å². The van der Waals surface area contributed by atoms with Gasteiger partial charge in [-0.15, -0.1) is 0 Å². The van der Waals surface area contributed by atoms with Crippen LogP contribution in [0.1, 0.15) is 60.2 Å². The highest BCUT2D eigenvalue weighted by molar-refractivity contribution is 5.96. The molecule has 8 nitrogen and oxygen atoms in total. The summed E-state index contributed by atoms with van der Waals surface area (Å²) in [7, 11) is 0. The van der Waals surface area contributed by atoms with Crippen LogP contribution in [-0.4, -0.2) is 62.8 Å². The Bertz CT molecular complexity index is 1490. The minimum Gasteiger partial charge on any atom is -0.491 e. The van der Waals surface area contributed by atoms with Gasteiger partial charge >= 0.3 is 11.9 Å². The van der Waals surface area contributed by atoms with Crippen molar-refractivity contribution in [3.8, 4) is 11.5 Å². The third-order valence-electron chi connectivity index (χ3n) is 7.94. The molecule has 0 amide bonds. The van der Waals surface area contributed by atoms with Crippen LogP contribution in [-0.2, 0) is 18.9 Å². The molecule has 8 heteroatoms. The Labute approximate surface area is 257 Å². The number of fused-ring (bicyclic) bond motifs is 2. The predicted molar refractivity (Wildman–Crippen MR) is 167 cm³/mol. The van der Waals surface area contributed by atoms with E-state index in [0.29, 0.717) is 50.0 Å². The first-order valence-corrected chi connectivity index (χ1v) is 15.5. The second-order valence-electron chi connectivity index (χ2n) is 11.2. The fourth-order valence-corrected chi connectivity index (χ4v) is 5.29. The molecule has 0 N–H and O–H groups in total. The average molecular weight is 599 g/mol. The first kappa shape index (κ1) is 29.9. The van der Waals surface area contributed by atoms with Crippen molar-refractivity contribution in [2.45, 2.75) is 63.9 Å². The largest absolute Gasteiger partial charge is 0.491 e. The SMILES string of the molecule is CC.O=C(OC1CCC(OC(=O)c2ccc3cc(OCC4CO4)ccc3c2)CC1)c1ccc2cc(OCC3CO3)ccc2c1. The maximum atomic E-state index is 12.9. The van der Waals surface area contributed by atoms with Crippen LogP contribution in [0.5, 0.6) is 11.5 Å². The summed E-state index contributed by atoms with van der Waals surface area (Å²) in [6.07, 6.45) is 2.59. The van der Waals surface area contributed by atoms with Crippen LogP contribution in [0.4, 0.5) is 0 Å². The molecular formula is C36H38O8. The van der Waals surface area contributed by atoms with Gasteiger partial charge in [-0.25, -0.2) is 9.59 Å². The fraction of sp³-hybridized carbons (Fsp3) is 0.389. The van der Waals surface area contributed by atoms with E-state index in [4.69, 9.17) is 28.4 Å². The highest BCUT2D eigenvalue weighted by atomic mass is 16.6. The molecule has 0 aromatic heterocycles. The lowest BCUT2D eigenvalue weighted by atomic mass is 9.94. The molecule has 4 aromatic carbocycles. The van der Waals surface area contributed by atoms with Crippen molar-refractivity contribution in [1.29, 1.82) is 0 Å². The Hall–Kier alpha value is -4.14. The molecule has 0 bridgehead atoms. The van der Waals surface area contributed by atoms with Gasteiger partial charge in [0, 0.05) is 0 Å². The van der Waals surface area contributed by atoms with E-state index in [0.717, 1.165) is 46.3 Å². The summed E-state index contributed by atoms with van der Waals surface area (Å²) in [5.41, 5.74) is 1.03. The first-order valence-electron chi connectivity index (χ1n) is 15.5. The maximum absolute atomic E-state index is 12.9. The van der Waals surface area contributed by atoms with Gasteiger partial charge in [-0.1, -0.05) is 38.1 Å². The fourth-order valence-electron chi connectivity index (χ4n) is 5.29. The lowest BCUT2D eigenvalue weighted by molar-refractivity contribution is -0.0108. The number of esters is 2. The van der Waals surface area contributed by atoms with E-state index in [9.17, 15) is 9.59 Å². The Morgan fingerprint density at radius 1 is 0.591 bits per heavy atom. The minimum absolute atomic E-state index is 0.201. The van der Waals surface area contributed by atoms with E-state index >= 15 is 0 Å². The van der Waals surface area contributed by atoms with Crippen LogP contribution in [0.15, 0.2) is 72.8 Å².